The Balaban J connectivity index is 2.34. The van der Waals surface area contributed by atoms with Gasteiger partial charge in [0.1, 0.15) is 10.8 Å². The first-order valence-electron chi connectivity index (χ1n) is 7.30. The molecular weight excluding hydrogens is 365 g/mol. The van der Waals surface area contributed by atoms with Gasteiger partial charge in [-0.2, -0.15) is 0 Å². The van der Waals surface area contributed by atoms with Crippen molar-refractivity contribution >= 4 is 34.8 Å². The van der Waals surface area contributed by atoms with Crippen molar-refractivity contribution in [1.82, 2.24) is 15.0 Å². The molecular formula is C18H14Cl3N3. The van der Waals surface area contributed by atoms with E-state index >= 15 is 0 Å². The van der Waals surface area contributed by atoms with Gasteiger partial charge in [0.05, 0.1) is 21.4 Å². The fourth-order valence-corrected chi connectivity index (χ4v) is 3.15. The van der Waals surface area contributed by atoms with E-state index in [0.29, 0.717) is 27.0 Å². The van der Waals surface area contributed by atoms with Crippen molar-refractivity contribution in [1.29, 1.82) is 0 Å². The van der Waals surface area contributed by atoms with Gasteiger partial charge in [0, 0.05) is 18.0 Å². The van der Waals surface area contributed by atoms with E-state index in [0.717, 1.165) is 22.4 Å². The molecule has 0 bridgehead atoms. The molecule has 0 spiro atoms. The summed E-state index contributed by atoms with van der Waals surface area (Å²) in [6.07, 6.45) is 3.50. The number of rotatable bonds is 2. The molecule has 0 amide bonds. The van der Waals surface area contributed by atoms with E-state index in [2.05, 4.69) is 15.0 Å². The highest BCUT2D eigenvalue weighted by Gasteiger charge is 2.20. The van der Waals surface area contributed by atoms with Crippen LogP contribution in [-0.2, 0) is 0 Å². The molecule has 0 unspecified atom stereocenters. The first-order valence-corrected chi connectivity index (χ1v) is 8.43. The van der Waals surface area contributed by atoms with E-state index < -0.39 is 0 Å². The lowest BCUT2D eigenvalue weighted by atomic mass is 10.00. The molecule has 0 aromatic carbocycles. The van der Waals surface area contributed by atoms with Gasteiger partial charge in [-0.15, -0.1) is 0 Å². The van der Waals surface area contributed by atoms with Crippen molar-refractivity contribution in [3.8, 4) is 22.6 Å². The zero-order chi connectivity index (χ0) is 17.4. The molecule has 0 fully saturated rings. The van der Waals surface area contributed by atoms with Crippen molar-refractivity contribution in [2.24, 2.45) is 0 Å². The lowest BCUT2D eigenvalue weighted by Crippen LogP contribution is -1.99. The van der Waals surface area contributed by atoms with Gasteiger partial charge in [-0.3, -0.25) is 9.97 Å². The van der Waals surface area contributed by atoms with Gasteiger partial charge < -0.3 is 0 Å². The van der Waals surface area contributed by atoms with E-state index in [9.17, 15) is 0 Å². The molecule has 0 saturated carbocycles. The quantitative estimate of drug-likeness (QED) is 0.506. The minimum atomic E-state index is 0.208. The number of hydrogen-bond acceptors (Lipinski definition) is 3. The van der Waals surface area contributed by atoms with Crippen LogP contribution in [0.1, 0.15) is 16.7 Å². The van der Waals surface area contributed by atoms with Crippen LogP contribution in [0.4, 0.5) is 0 Å². The monoisotopic (exact) mass is 377 g/mol. The Kier molecular flexibility index (Phi) is 4.77. The number of aromatic nitrogens is 3. The molecule has 24 heavy (non-hydrogen) atoms. The molecule has 0 atom stereocenters. The molecule has 3 aromatic rings. The largest absolute Gasteiger partial charge is 0.256 e. The van der Waals surface area contributed by atoms with Crippen molar-refractivity contribution in [2.45, 2.75) is 20.8 Å². The minimum absolute atomic E-state index is 0.208. The summed E-state index contributed by atoms with van der Waals surface area (Å²) in [5, 5.41) is 1.00. The van der Waals surface area contributed by atoms with Crippen LogP contribution in [0, 0.1) is 20.8 Å². The number of halogens is 3. The molecule has 3 heterocycles. The van der Waals surface area contributed by atoms with Gasteiger partial charge in [0.15, 0.2) is 0 Å². The lowest BCUT2D eigenvalue weighted by molar-refractivity contribution is 1.20. The van der Waals surface area contributed by atoms with Crippen molar-refractivity contribution < 1.29 is 0 Å². The van der Waals surface area contributed by atoms with E-state index in [4.69, 9.17) is 34.8 Å². The fraction of sp³-hybridized carbons (Fsp3) is 0.167. The fourth-order valence-electron chi connectivity index (χ4n) is 2.52. The number of pyridine rings is 3. The second-order valence-electron chi connectivity index (χ2n) is 5.57. The van der Waals surface area contributed by atoms with Crippen molar-refractivity contribution in [2.75, 3.05) is 0 Å². The molecule has 0 aliphatic carbocycles. The highest BCUT2D eigenvalue weighted by Crippen LogP contribution is 2.39. The van der Waals surface area contributed by atoms with Crippen LogP contribution in [-0.4, -0.2) is 15.0 Å². The maximum Gasteiger partial charge on any atom is 0.148 e. The molecule has 0 radical (unpaired) electrons. The summed E-state index contributed by atoms with van der Waals surface area (Å²) in [4.78, 5) is 13.3. The molecule has 6 heteroatoms. The van der Waals surface area contributed by atoms with E-state index in [-0.39, 0.29) is 5.15 Å². The Morgan fingerprint density at radius 3 is 2.25 bits per heavy atom. The molecule has 0 N–H and O–H groups in total. The third kappa shape index (κ3) is 3.00. The molecule has 0 aliphatic heterocycles. The Bertz CT molecular complexity index is 939. The Morgan fingerprint density at radius 2 is 1.54 bits per heavy atom. The van der Waals surface area contributed by atoms with E-state index in [1.165, 1.54) is 0 Å². The van der Waals surface area contributed by atoms with E-state index in [1.807, 2.05) is 39.0 Å². The molecule has 3 aromatic heterocycles. The molecule has 3 rings (SSSR count). The zero-order valence-electron chi connectivity index (χ0n) is 13.4. The van der Waals surface area contributed by atoms with Gasteiger partial charge in [-0.05, 0) is 55.7 Å². The molecule has 3 nitrogen and oxygen atoms in total. The third-order valence-corrected chi connectivity index (χ3v) is 5.11. The smallest absolute Gasteiger partial charge is 0.148 e. The molecule has 0 aliphatic rings. The van der Waals surface area contributed by atoms with Crippen molar-refractivity contribution in [3.63, 3.8) is 0 Å². The summed E-state index contributed by atoms with van der Waals surface area (Å²) in [5.74, 6) is 0. The first kappa shape index (κ1) is 17.2. The van der Waals surface area contributed by atoms with Gasteiger partial charge in [-0.25, -0.2) is 4.98 Å². The first-order chi connectivity index (χ1) is 11.4. The van der Waals surface area contributed by atoms with Crippen LogP contribution in [0.15, 0.2) is 30.6 Å². The van der Waals surface area contributed by atoms with Crippen LogP contribution in [0.25, 0.3) is 22.6 Å². The maximum absolute atomic E-state index is 6.48. The summed E-state index contributed by atoms with van der Waals surface area (Å²) in [6.45, 7) is 5.83. The lowest BCUT2D eigenvalue weighted by Gasteiger charge is -2.14. The van der Waals surface area contributed by atoms with Gasteiger partial charge in [0.2, 0.25) is 0 Å². The third-order valence-electron chi connectivity index (χ3n) is 3.81. The van der Waals surface area contributed by atoms with Crippen molar-refractivity contribution in [3.05, 3.63) is 62.5 Å². The average molecular weight is 379 g/mol. The summed E-state index contributed by atoms with van der Waals surface area (Å²) in [7, 11) is 0. The number of hydrogen-bond donors (Lipinski definition) is 0. The summed E-state index contributed by atoms with van der Waals surface area (Å²) < 4.78 is 0. The SMILES string of the molecule is Cc1ccnc(-c2c(C)ccnc2-c2nc(Cl)c(Cl)c(C)c2Cl)c1. The second-order valence-corrected chi connectivity index (χ2v) is 6.69. The van der Waals surface area contributed by atoms with Gasteiger partial charge in [0.25, 0.3) is 0 Å². The zero-order valence-corrected chi connectivity index (χ0v) is 15.6. The maximum atomic E-state index is 6.48. The minimum Gasteiger partial charge on any atom is -0.256 e. The van der Waals surface area contributed by atoms with Crippen LogP contribution in [0.5, 0.6) is 0 Å². The molecule has 0 saturated heterocycles. The van der Waals surface area contributed by atoms with Crippen LogP contribution in [0.3, 0.4) is 0 Å². The highest BCUT2D eigenvalue weighted by molar-refractivity contribution is 6.43. The normalized spacial score (nSPS) is 10.9. The van der Waals surface area contributed by atoms with Crippen LogP contribution < -0.4 is 0 Å². The predicted octanol–water partition coefficient (Wildman–Crippen LogP) is 6.09. The van der Waals surface area contributed by atoms with Crippen LogP contribution >= 0.6 is 34.8 Å². The Labute approximate surface area is 155 Å². The van der Waals surface area contributed by atoms with Gasteiger partial charge >= 0.3 is 0 Å². The number of nitrogens with zero attached hydrogens (tertiary/aromatic N) is 3. The summed E-state index contributed by atoms with van der Waals surface area (Å²) in [6, 6.07) is 5.89. The highest BCUT2D eigenvalue weighted by atomic mass is 35.5. The molecule has 122 valence electrons. The topological polar surface area (TPSA) is 38.7 Å². The van der Waals surface area contributed by atoms with Crippen LogP contribution in [0.2, 0.25) is 15.2 Å². The predicted molar refractivity (Wildman–Crippen MR) is 99.9 cm³/mol. The Hall–Kier alpha value is -1.68. The standard InChI is InChI=1S/C18H14Cl3N3/c1-9-4-6-22-12(8-9)13-10(2)5-7-23-16(13)17-14(19)11(3)15(20)18(21)24-17/h4-8H,1-3H3. The average Bonchev–Trinajstić information content (AvgIpc) is 2.56. The van der Waals surface area contributed by atoms with E-state index in [1.54, 1.807) is 12.4 Å². The summed E-state index contributed by atoms with van der Waals surface area (Å²) in [5.41, 5.74) is 5.66. The summed E-state index contributed by atoms with van der Waals surface area (Å²) >= 11 is 18.8. The second kappa shape index (κ2) is 6.67. The van der Waals surface area contributed by atoms with Gasteiger partial charge in [-0.1, -0.05) is 34.8 Å². The Morgan fingerprint density at radius 1 is 0.833 bits per heavy atom. The number of aryl methyl sites for hydroxylation is 2.